The van der Waals surface area contributed by atoms with E-state index in [1.807, 2.05) is 13.8 Å². The zero-order valence-corrected chi connectivity index (χ0v) is 24.7. The summed E-state index contributed by atoms with van der Waals surface area (Å²) >= 11 is 0. The van der Waals surface area contributed by atoms with Gasteiger partial charge in [-0.3, -0.25) is 9.48 Å². The number of sulfonamides is 1. The van der Waals surface area contributed by atoms with Crippen LogP contribution in [0.3, 0.4) is 0 Å². The molecule has 1 aliphatic heterocycles. The number of hydrogen-bond donors (Lipinski definition) is 1. The third kappa shape index (κ3) is 6.36. The van der Waals surface area contributed by atoms with Gasteiger partial charge in [0.2, 0.25) is 15.9 Å². The molecular weight excluding hydrogens is 538 g/mol. The van der Waals surface area contributed by atoms with Gasteiger partial charge in [0.1, 0.15) is 22.3 Å². The van der Waals surface area contributed by atoms with E-state index in [4.69, 9.17) is 19.2 Å². The van der Waals surface area contributed by atoms with Gasteiger partial charge in [-0.25, -0.2) is 18.4 Å². The molecule has 1 N–H and O–H groups in total. The van der Waals surface area contributed by atoms with Crippen molar-refractivity contribution in [2.24, 2.45) is 0 Å². The molecule has 4 heterocycles. The average Bonchev–Trinajstić information content (AvgIpc) is 3.30. The van der Waals surface area contributed by atoms with Crippen molar-refractivity contribution >= 4 is 21.1 Å². The SMILES string of the molecule is CCCc1c2nc(-c3cc(S(=O)(=O)N4CCN(CC)CC4)cnc3OC(C)COC)[nH]c(=O)c2nn1CCOC. The van der Waals surface area contributed by atoms with Crippen molar-refractivity contribution in [2.75, 3.05) is 60.2 Å². The number of pyridine rings is 1. The number of nitrogens with one attached hydrogen (secondary N) is 1. The van der Waals surface area contributed by atoms with Gasteiger partial charge in [-0.15, -0.1) is 0 Å². The fourth-order valence-electron chi connectivity index (χ4n) is 4.77. The number of aryl methyl sites for hydroxylation is 1. The summed E-state index contributed by atoms with van der Waals surface area (Å²) in [5, 5.41) is 4.49. The average molecular weight is 578 g/mol. The largest absolute Gasteiger partial charge is 0.472 e. The minimum Gasteiger partial charge on any atom is -0.472 e. The van der Waals surface area contributed by atoms with Crippen LogP contribution in [0.2, 0.25) is 0 Å². The molecule has 4 rings (SSSR count). The van der Waals surface area contributed by atoms with E-state index < -0.39 is 15.6 Å². The molecule has 14 heteroatoms. The van der Waals surface area contributed by atoms with Crippen molar-refractivity contribution in [3.8, 4) is 17.3 Å². The first-order chi connectivity index (χ1) is 19.2. The van der Waals surface area contributed by atoms with Gasteiger partial charge in [-0.05, 0) is 26.0 Å². The lowest BCUT2D eigenvalue weighted by Gasteiger charge is -2.33. The number of likely N-dealkylation sites (N-methyl/N-ethyl adjacent to an activating group) is 1. The van der Waals surface area contributed by atoms with Crippen LogP contribution >= 0.6 is 0 Å². The summed E-state index contributed by atoms with van der Waals surface area (Å²) in [6, 6.07) is 1.47. The van der Waals surface area contributed by atoms with Crippen molar-refractivity contribution in [1.29, 1.82) is 0 Å². The fourth-order valence-corrected chi connectivity index (χ4v) is 6.17. The Morgan fingerprint density at radius 3 is 2.50 bits per heavy atom. The predicted molar refractivity (Wildman–Crippen MR) is 150 cm³/mol. The quantitative estimate of drug-likeness (QED) is 0.317. The van der Waals surface area contributed by atoms with Gasteiger partial charge in [0.15, 0.2) is 5.52 Å². The molecule has 1 fully saturated rings. The first kappa shape index (κ1) is 30.1. The molecule has 0 bridgehead atoms. The number of aromatic nitrogens is 5. The second kappa shape index (κ2) is 13.2. The Morgan fingerprint density at radius 2 is 1.85 bits per heavy atom. The Morgan fingerprint density at radius 1 is 1.10 bits per heavy atom. The summed E-state index contributed by atoms with van der Waals surface area (Å²) in [5.74, 6) is 0.298. The van der Waals surface area contributed by atoms with Crippen LogP contribution < -0.4 is 10.3 Å². The number of H-pyrrole nitrogens is 1. The molecule has 220 valence electrons. The van der Waals surface area contributed by atoms with E-state index in [1.165, 1.54) is 16.6 Å². The second-order valence-electron chi connectivity index (χ2n) is 9.77. The molecule has 1 aliphatic rings. The molecule has 3 aromatic heterocycles. The molecular formula is C26H39N7O6S. The van der Waals surface area contributed by atoms with Crippen LogP contribution in [0.15, 0.2) is 22.0 Å². The summed E-state index contributed by atoms with van der Waals surface area (Å²) in [5.41, 5.74) is 1.30. The van der Waals surface area contributed by atoms with Crippen molar-refractivity contribution in [1.82, 2.24) is 33.9 Å². The van der Waals surface area contributed by atoms with E-state index >= 15 is 0 Å². The molecule has 0 saturated carbocycles. The zero-order valence-electron chi connectivity index (χ0n) is 23.8. The van der Waals surface area contributed by atoms with E-state index in [0.717, 1.165) is 18.7 Å². The summed E-state index contributed by atoms with van der Waals surface area (Å²) in [6.45, 7) is 10.1. The first-order valence-electron chi connectivity index (χ1n) is 13.6. The Labute approximate surface area is 234 Å². The Bertz CT molecular complexity index is 1460. The highest BCUT2D eigenvalue weighted by Gasteiger charge is 2.30. The summed E-state index contributed by atoms with van der Waals surface area (Å²) in [6.07, 6.45) is 2.38. The Kier molecular flexibility index (Phi) is 9.90. The van der Waals surface area contributed by atoms with E-state index in [9.17, 15) is 13.2 Å². The fraction of sp³-hybridized carbons (Fsp3) is 0.615. The minimum absolute atomic E-state index is 0.00603. The summed E-state index contributed by atoms with van der Waals surface area (Å²) in [7, 11) is -0.673. The smallest absolute Gasteiger partial charge is 0.279 e. The van der Waals surface area contributed by atoms with Crippen molar-refractivity contribution in [3.05, 3.63) is 28.3 Å². The maximum atomic E-state index is 13.6. The maximum absolute atomic E-state index is 13.6. The van der Waals surface area contributed by atoms with Gasteiger partial charge in [0, 0.05) is 40.4 Å². The summed E-state index contributed by atoms with van der Waals surface area (Å²) in [4.78, 5) is 27.4. The molecule has 1 unspecified atom stereocenters. The number of aromatic amines is 1. The highest BCUT2D eigenvalue weighted by atomic mass is 32.2. The van der Waals surface area contributed by atoms with Crippen molar-refractivity contribution in [3.63, 3.8) is 0 Å². The van der Waals surface area contributed by atoms with E-state index in [0.29, 0.717) is 57.9 Å². The van der Waals surface area contributed by atoms with E-state index in [-0.39, 0.29) is 33.8 Å². The van der Waals surface area contributed by atoms with Crippen LogP contribution in [0, 0.1) is 0 Å². The zero-order chi connectivity index (χ0) is 28.9. The molecule has 3 aromatic rings. The Hall–Kier alpha value is -2.91. The maximum Gasteiger partial charge on any atom is 0.279 e. The normalized spacial score (nSPS) is 16.0. The Balaban J connectivity index is 1.83. The highest BCUT2D eigenvalue weighted by Crippen LogP contribution is 2.31. The van der Waals surface area contributed by atoms with Gasteiger partial charge < -0.3 is 24.1 Å². The standard InChI is InChI=1S/C26H39N7O6S/c1-6-8-21-22-23(30-33(21)13-14-37-4)25(34)29-24(28-22)20-15-19(16-27-26(20)39-18(3)17-38-5)40(35,36)32-11-9-31(7-2)10-12-32/h15-16,18H,6-14,17H2,1-5H3,(H,28,29,34). The van der Waals surface area contributed by atoms with Crippen molar-refractivity contribution in [2.45, 2.75) is 51.2 Å². The molecule has 40 heavy (non-hydrogen) atoms. The predicted octanol–water partition coefficient (Wildman–Crippen LogP) is 1.52. The third-order valence-corrected chi connectivity index (χ3v) is 8.77. The summed E-state index contributed by atoms with van der Waals surface area (Å²) < 4.78 is 46.9. The first-order valence-corrected chi connectivity index (χ1v) is 15.0. The molecule has 1 atom stereocenters. The number of rotatable bonds is 13. The highest BCUT2D eigenvalue weighted by molar-refractivity contribution is 7.89. The monoisotopic (exact) mass is 577 g/mol. The lowest BCUT2D eigenvalue weighted by atomic mass is 10.2. The van der Waals surface area contributed by atoms with Crippen LogP contribution in [0.5, 0.6) is 5.88 Å². The molecule has 0 aliphatic carbocycles. The number of methoxy groups -OCH3 is 2. The minimum atomic E-state index is -3.84. The molecule has 0 radical (unpaired) electrons. The van der Waals surface area contributed by atoms with E-state index in [2.05, 4.69) is 26.9 Å². The number of piperazine rings is 1. The van der Waals surface area contributed by atoms with Crippen LogP contribution in [0.4, 0.5) is 0 Å². The molecule has 0 amide bonds. The molecule has 0 aromatic carbocycles. The number of nitrogens with zero attached hydrogens (tertiary/aromatic N) is 6. The van der Waals surface area contributed by atoms with Gasteiger partial charge >= 0.3 is 0 Å². The molecule has 13 nitrogen and oxygen atoms in total. The lowest BCUT2D eigenvalue weighted by molar-refractivity contribution is 0.0893. The van der Waals surface area contributed by atoms with Gasteiger partial charge in [0.25, 0.3) is 5.56 Å². The molecule has 0 spiro atoms. The topological polar surface area (TPSA) is 145 Å². The van der Waals surface area contributed by atoms with Gasteiger partial charge in [-0.1, -0.05) is 20.3 Å². The third-order valence-electron chi connectivity index (χ3n) is 6.91. The number of hydrogen-bond acceptors (Lipinski definition) is 10. The number of fused-ring (bicyclic) bond motifs is 1. The van der Waals surface area contributed by atoms with Crippen LogP contribution in [-0.2, 0) is 32.5 Å². The van der Waals surface area contributed by atoms with Crippen molar-refractivity contribution < 1.29 is 22.6 Å². The van der Waals surface area contributed by atoms with Gasteiger partial charge in [-0.2, -0.15) is 9.40 Å². The lowest BCUT2D eigenvalue weighted by Crippen LogP contribution is -2.48. The number of ether oxygens (including phenoxy) is 3. The van der Waals surface area contributed by atoms with Gasteiger partial charge in [0.05, 0.1) is 37.2 Å². The van der Waals surface area contributed by atoms with Crippen LogP contribution in [-0.4, -0.2) is 109 Å². The van der Waals surface area contributed by atoms with Crippen LogP contribution in [0.1, 0.15) is 32.9 Å². The molecule has 1 saturated heterocycles. The van der Waals surface area contributed by atoms with Crippen LogP contribution in [0.25, 0.3) is 22.4 Å². The second-order valence-corrected chi connectivity index (χ2v) is 11.7. The van der Waals surface area contributed by atoms with E-state index in [1.54, 1.807) is 18.9 Å².